The minimum absolute atomic E-state index is 0.214. The van der Waals surface area contributed by atoms with Gasteiger partial charge in [0.05, 0.1) is 0 Å². The number of hydrogen-bond donors (Lipinski definition) is 2. The van der Waals surface area contributed by atoms with Crippen LogP contribution in [-0.4, -0.2) is 18.5 Å². The lowest BCUT2D eigenvalue weighted by Gasteiger charge is -2.31. The second-order valence-corrected chi connectivity index (χ2v) is 6.26. The molecule has 3 nitrogen and oxygen atoms in total. The van der Waals surface area contributed by atoms with E-state index in [2.05, 4.69) is 12.2 Å². The highest BCUT2D eigenvalue weighted by atomic mass is 16.2. The van der Waals surface area contributed by atoms with E-state index in [4.69, 9.17) is 5.73 Å². The van der Waals surface area contributed by atoms with Gasteiger partial charge in [-0.15, -0.1) is 0 Å². The van der Waals surface area contributed by atoms with Crippen LogP contribution in [-0.2, 0) is 4.79 Å². The lowest BCUT2D eigenvalue weighted by Crippen LogP contribution is -2.48. The van der Waals surface area contributed by atoms with E-state index in [0.717, 1.165) is 6.42 Å². The summed E-state index contributed by atoms with van der Waals surface area (Å²) in [5.74, 6) is 1.67. The molecule has 104 valence electrons. The summed E-state index contributed by atoms with van der Waals surface area (Å²) in [6.07, 6.45) is 9.90. The van der Waals surface area contributed by atoms with Crippen molar-refractivity contribution < 1.29 is 4.79 Å². The SMILES string of the molecule is CC1CCCC1C(=O)NC(CN)C1CCCCC1. The molecule has 0 aliphatic heterocycles. The summed E-state index contributed by atoms with van der Waals surface area (Å²) in [6, 6.07) is 0.214. The number of nitrogens with one attached hydrogen (secondary N) is 1. The molecule has 2 aliphatic carbocycles. The van der Waals surface area contributed by atoms with Crippen LogP contribution in [0, 0.1) is 17.8 Å². The van der Waals surface area contributed by atoms with Gasteiger partial charge >= 0.3 is 0 Å². The maximum atomic E-state index is 12.3. The van der Waals surface area contributed by atoms with E-state index in [1.807, 2.05) is 0 Å². The molecule has 3 heteroatoms. The minimum Gasteiger partial charge on any atom is -0.352 e. The van der Waals surface area contributed by atoms with E-state index in [9.17, 15) is 4.79 Å². The van der Waals surface area contributed by atoms with Crippen LogP contribution in [0.4, 0.5) is 0 Å². The average Bonchev–Trinajstić information content (AvgIpc) is 2.83. The summed E-state index contributed by atoms with van der Waals surface area (Å²) < 4.78 is 0. The molecule has 0 aromatic carbocycles. The highest BCUT2D eigenvalue weighted by molar-refractivity contribution is 5.79. The van der Waals surface area contributed by atoms with Crippen molar-refractivity contribution in [2.45, 2.75) is 64.3 Å². The van der Waals surface area contributed by atoms with Gasteiger partial charge in [-0.1, -0.05) is 32.6 Å². The number of hydrogen-bond acceptors (Lipinski definition) is 2. The zero-order valence-electron chi connectivity index (χ0n) is 11.7. The molecular weight excluding hydrogens is 224 g/mol. The van der Waals surface area contributed by atoms with Crippen LogP contribution in [0.5, 0.6) is 0 Å². The Labute approximate surface area is 111 Å². The van der Waals surface area contributed by atoms with Crippen LogP contribution < -0.4 is 11.1 Å². The van der Waals surface area contributed by atoms with Crippen LogP contribution in [0.1, 0.15) is 58.3 Å². The highest BCUT2D eigenvalue weighted by Crippen LogP contribution is 2.32. The molecule has 0 saturated heterocycles. The second kappa shape index (κ2) is 6.55. The molecule has 0 aromatic rings. The van der Waals surface area contributed by atoms with Crippen molar-refractivity contribution in [1.82, 2.24) is 5.32 Å². The van der Waals surface area contributed by atoms with Crippen LogP contribution in [0.3, 0.4) is 0 Å². The Morgan fingerprint density at radius 2 is 1.89 bits per heavy atom. The van der Waals surface area contributed by atoms with Gasteiger partial charge in [-0.05, 0) is 37.5 Å². The second-order valence-electron chi connectivity index (χ2n) is 6.26. The number of nitrogens with two attached hydrogens (primary N) is 1. The van der Waals surface area contributed by atoms with E-state index < -0.39 is 0 Å². The molecule has 0 heterocycles. The van der Waals surface area contributed by atoms with Crippen LogP contribution in [0.25, 0.3) is 0 Å². The van der Waals surface area contributed by atoms with Gasteiger partial charge in [-0.2, -0.15) is 0 Å². The Hall–Kier alpha value is -0.570. The molecule has 1 amide bonds. The molecule has 0 radical (unpaired) electrons. The molecule has 0 aromatic heterocycles. The van der Waals surface area contributed by atoms with Gasteiger partial charge in [0.1, 0.15) is 0 Å². The third kappa shape index (κ3) is 3.25. The fraction of sp³-hybridized carbons (Fsp3) is 0.933. The van der Waals surface area contributed by atoms with Gasteiger partial charge in [0.25, 0.3) is 0 Å². The molecule has 18 heavy (non-hydrogen) atoms. The van der Waals surface area contributed by atoms with Crippen molar-refractivity contribution in [3.05, 3.63) is 0 Å². The van der Waals surface area contributed by atoms with Gasteiger partial charge in [0, 0.05) is 18.5 Å². The van der Waals surface area contributed by atoms with Gasteiger partial charge in [0.2, 0.25) is 5.91 Å². The summed E-state index contributed by atoms with van der Waals surface area (Å²) in [5, 5.41) is 3.24. The van der Waals surface area contributed by atoms with Crippen molar-refractivity contribution in [3.8, 4) is 0 Å². The van der Waals surface area contributed by atoms with E-state index in [0.29, 0.717) is 18.4 Å². The fourth-order valence-electron chi connectivity index (χ4n) is 3.73. The van der Waals surface area contributed by atoms with E-state index in [-0.39, 0.29) is 17.9 Å². The summed E-state index contributed by atoms with van der Waals surface area (Å²) in [4.78, 5) is 12.3. The van der Waals surface area contributed by atoms with Gasteiger partial charge in [-0.25, -0.2) is 0 Å². The molecule has 2 fully saturated rings. The van der Waals surface area contributed by atoms with Crippen molar-refractivity contribution in [2.75, 3.05) is 6.54 Å². The van der Waals surface area contributed by atoms with Crippen LogP contribution in [0.15, 0.2) is 0 Å². The Morgan fingerprint density at radius 1 is 1.17 bits per heavy atom. The quantitative estimate of drug-likeness (QED) is 0.807. The molecule has 2 rings (SSSR count). The largest absolute Gasteiger partial charge is 0.352 e. The standard InChI is InChI=1S/C15H28N2O/c1-11-6-5-9-13(11)15(18)17-14(10-16)12-7-3-2-4-8-12/h11-14H,2-10,16H2,1H3,(H,17,18). The smallest absolute Gasteiger partial charge is 0.223 e. The van der Waals surface area contributed by atoms with E-state index >= 15 is 0 Å². The molecule has 3 atom stereocenters. The monoisotopic (exact) mass is 252 g/mol. The molecule has 3 unspecified atom stereocenters. The normalized spacial score (nSPS) is 31.2. The summed E-state index contributed by atoms with van der Waals surface area (Å²) in [6.45, 7) is 2.80. The van der Waals surface area contributed by atoms with Crippen molar-refractivity contribution in [2.24, 2.45) is 23.5 Å². The van der Waals surface area contributed by atoms with Crippen LogP contribution in [0.2, 0.25) is 0 Å². The van der Waals surface area contributed by atoms with E-state index in [1.54, 1.807) is 0 Å². The maximum absolute atomic E-state index is 12.3. The molecule has 2 aliphatic rings. The minimum atomic E-state index is 0.214. The summed E-state index contributed by atoms with van der Waals surface area (Å²) in [5.41, 5.74) is 5.87. The lowest BCUT2D eigenvalue weighted by molar-refractivity contribution is -0.127. The third-order valence-electron chi connectivity index (χ3n) is 5.00. The zero-order chi connectivity index (χ0) is 13.0. The topological polar surface area (TPSA) is 55.1 Å². The molecule has 0 spiro atoms. The average molecular weight is 252 g/mol. The number of carbonyl (C=O) groups is 1. The first-order valence-corrected chi connectivity index (χ1v) is 7.72. The predicted molar refractivity (Wildman–Crippen MR) is 74.1 cm³/mol. The first-order valence-electron chi connectivity index (χ1n) is 7.72. The van der Waals surface area contributed by atoms with Crippen molar-refractivity contribution >= 4 is 5.91 Å². The Kier molecular flexibility index (Phi) is 5.04. The zero-order valence-corrected chi connectivity index (χ0v) is 11.7. The first kappa shape index (κ1) is 13.9. The van der Waals surface area contributed by atoms with E-state index in [1.165, 1.54) is 44.9 Å². The molecule has 0 bridgehead atoms. The van der Waals surface area contributed by atoms with Gasteiger partial charge in [-0.3, -0.25) is 4.79 Å². The first-order chi connectivity index (χ1) is 8.72. The number of amides is 1. The van der Waals surface area contributed by atoms with Crippen LogP contribution >= 0.6 is 0 Å². The Balaban J connectivity index is 1.86. The molecule has 2 saturated carbocycles. The number of carbonyl (C=O) groups excluding carboxylic acids is 1. The molecule has 3 N–H and O–H groups in total. The predicted octanol–water partition coefficient (Wildman–Crippen LogP) is 2.45. The maximum Gasteiger partial charge on any atom is 0.223 e. The van der Waals surface area contributed by atoms with Crippen molar-refractivity contribution in [3.63, 3.8) is 0 Å². The van der Waals surface area contributed by atoms with Gasteiger partial charge < -0.3 is 11.1 Å². The Morgan fingerprint density at radius 3 is 2.44 bits per heavy atom. The summed E-state index contributed by atoms with van der Waals surface area (Å²) >= 11 is 0. The fourth-order valence-corrected chi connectivity index (χ4v) is 3.73. The Bertz CT molecular complexity index is 274. The van der Waals surface area contributed by atoms with Gasteiger partial charge in [0.15, 0.2) is 0 Å². The summed E-state index contributed by atoms with van der Waals surface area (Å²) in [7, 11) is 0. The van der Waals surface area contributed by atoms with Crippen molar-refractivity contribution in [1.29, 1.82) is 0 Å². The highest BCUT2D eigenvalue weighted by Gasteiger charge is 2.32. The number of rotatable bonds is 4. The molecular formula is C15H28N2O. The third-order valence-corrected chi connectivity index (χ3v) is 5.00. The lowest BCUT2D eigenvalue weighted by atomic mass is 9.83.